The van der Waals surface area contributed by atoms with Crippen LogP contribution < -0.4 is 4.90 Å². The summed E-state index contributed by atoms with van der Waals surface area (Å²) in [6.45, 7) is 8.58. The molecule has 0 aliphatic carbocycles. The highest BCUT2D eigenvalue weighted by atomic mass is 16.5. The molecule has 2 aliphatic rings. The summed E-state index contributed by atoms with van der Waals surface area (Å²) in [7, 11) is 0. The van der Waals surface area contributed by atoms with Crippen molar-refractivity contribution in [2.24, 2.45) is 0 Å². The first-order chi connectivity index (χ1) is 10.3. The fraction of sp³-hybridized carbons (Fsp3) is 0.706. The van der Waals surface area contributed by atoms with Gasteiger partial charge in [0.1, 0.15) is 5.82 Å². The van der Waals surface area contributed by atoms with E-state index in [1.165, 1.54) is 32.4 Å². The molecule has 1 aromatic heterocycles. The Morgan fingerprint density at radius 1 is 1.19 bits per heavy atom. The zero-order valence-corrected chi connectivity index (χ0v) is 13.1. The minimum Gasteiger partial charge on any atom is -0.375 e. The number of rotatable bonds is 5. The van der Waals surface area contributed by atoms with E-state index in [1.54, 1.807) is 0 Å². The molecule has 3 rings (SSSR count). The van der Waals surface area contributed by atoms with E-state index in [9.17, 15) is 0 Å². The highest BCUT2D eigenvalue weighted by Gasteiger charge is 2.24. The number of aromatic nitrogens is 1. The smallest absolute Gasteiger partial charge is 0.128 e. The summed E-state index contributed by atoms with van der Waals surface area (Å²) in [6, 6.07) is 6.23. The third-order valence-electron chi connectivity index (χ3n) is 4.55. The molecule has 0 unspecified atom stereocenters. The van der Waals surface area contributed by atoms with Crippen LogP contribution in [0.1, 0.15) is 31.4 Å². The molecular formula is C17H27N3O. The molecular weight excluding hydrogens is 262 g/mol. The Morgan fingerprint density at radius 3 is 2.86 bits per heavy atom. The van der Waals surface area contributed by atoms with Crippen LogP contribution in [0.4, 0.5) is 5.82 Å². The number of likely N-dealkylation sites (tertiary alicyclic amines) is 1. The predicted molar refractivity (Wildman–Crippen MR) is 85.8 cm³/mol. The highest BCUT2D eigenvalue weighted by molar-refractivity contribution is 5.40. The lowest BCUT2D eigenvalue weighted by Gasteiger charge is -2.26. The van der Waals surface area contributed by atoms with E-state index in [1.807, 2.05) is 13.0 Å². The van der Waals surface area contributed by atoms with Crippen molar-refractivity contribution in [2.45, 2.75) is 38.7 Å². The second-order valence-corrected chi connectivity index (χ2v) is 6.27. The van der Waals surface area contributed by atoms with Crippen molar-refractivity contribution >= 4 is 5.82 Å². The van der Waals surface area contributed by atoms with Crippen molar-refractivity contribution in [2.75, 3.05) is 44.2 Å². The molecule has 2 saturated heterocycles. The number of hydrogen-bond donors (Lipinski definition) is 0. The van der Waals surface area contributed by atoms with Crippen molar-refractivity contribution in [1.82, 2.24) is 9.88 Å². The largest absolute Gasteiger partial charge is 0.375 e. The molecule has 3 heterocycles. The first-order valence-electron chi connectivity index (χ1n) is 8.34. The average molecular weight is 289 g/mol. The normalized spacial score (nSPS) is 23.7. The molecule has 2 aliphatic heterocycles. The van der Waals surface area contributed by atoms with Crippen molar-refractivity contribution in [3.63, 3.8) is 0 Å². The van der Waals surface area contributed by atoms with Crippen LogP contribution in [0.25, 0.3) is 0 Å². The van der Waals surface area contributed by atoms with Gasteiger partial charge < -0.3 is 14.5 Å². The topological polar surface area (TPSA) is 28.6 Å². The van der Waals surface area contributed by atoms with Gasteiger partial charge in [-0.05, 0) is 51.4 Å². The van der Waals surface area contributed by atoms with Gasteiger partial charge in [-0.15, -0.1) is 0 Å². The van der Waals surface area contributed by atoms with Crippen LogP contribution in [0.2, 0.25) is 0 Å². The molecule has 0 bridgehead atoms. The molecule has 0 saturated carbocycles. The van der Waals surface area contributed by atoms with Crippen molar-refractivity contribution < 1.29 is 4.74 Å². The van der Waals surface area contributed by atoms with E-state index in [-0.39, 0.29) is 0 Å². The zero-order valence-electron chi connectivity index (χ0n) is 13.1. The lowest BCUT2D eigenvalue weighted by molar-refractivity contribution is 0.0467. The van der Waals surface area contributed by atoms with Gasteiger partial charge in [0, 0.05) is 25.3 Å². The third-order valence-corrected chi connectivity index (χ3v) is 4.55. The summed E-state index contributed by atoms with van der Waals surface area (Å²) >= 11 is 0. The lowest BCUT2D eigenvalue weighted by Crippen LogP contribution is -2.34. The van der Waals surface area contributed by atoms with E-state index in [4.69, 9.17) is 4.74 Å². The van der Waals surface area contributed by atoms with Crippen LogP contribution in [0, 0.1) is 6.92 Å². The average Bonchev–Trinajstić information content (AvgIpc) is 2.97. The molecule has 4 nitrogen and oxygen atoms in total. The van der Waals surface area contributed by atoms with E-state index < -0.39 is 0 Å². The Labute approximate surface area is 128 Å². The molecule has 1 atom stereocenters. The summed E-state index contributed by atoms with van der Waals surface area (Å²) < 4.78 is 6.08. The van der Waals surface area contributed by atoms with E-state index in [0.717, 1.165) is 44.2 Å². The molecule has 4 heteroatoms. The Balaban J connectivity index is 1.40. The van der Waals surface area contributed by atoms with Gasteiger partial charge >= 0.3 is 0 Å². The SMILES string of the molecule is Cc1cccc(N2CC[C@@H](OCCN3CCCCC3)C2)n1. The van der Waals surface area contributed by atoms with E-state index >= 15 is 0 Å². The summed E-state index contributed by atoms with van der Waals surface area (Å²) in [5, 5.41) is 0. The van der Waals surface area contributed by atoms with Crippen molar-refractivity contribution in [1.29, 1.82) is 0 Å². The van der Waals surface area contributed by atoms with Gasteiger partial charge in [0.2, 0.25) is 0 Å². The van der Waals surface area contributed by atoms with Gasteiger partial charge in [-0.2, -0.15) is 0 Å². The monoisotopic (exact) mass is 289 g/mol. The summed E-state index contributed by atoms with van der Waals surface area (Å²) in [4.78, 5) is 9.49. The van der Waals surface area contributed by atoms with Crippen LogP contribution in [-0.2, 0) is 4.74 Å². The number of ether oxygens (including phenoxy) is 1. The molecule has 0 aromatic carbocycles. The van der Waals surface area contributed by atoms with Gasteiger partial charge in [0.15, 0.2) is 0 Å². The Hall–Kier alpha value is -1.13. The third kappa shape index (κ3) is 4.17. The molecule has 0 radical (unpaired) electrons. The van der Waals surface area contributed by atoms with Gasteiger partial charge in [0.25, 0.3) is 0 Å². The van der Waals surface area contributed by atoms with E-state index in [0.29, 0.717) is 6.10 Å². The summed E-state index contributed by atoms with van der Waals surface area (Å²) in [6.07, 6.45) is 5.61. The highest BCUT2D eigenvalue weighted by Crippen LogP contribution is 2.20. The molecule has 21 heavy (non-hydrogen) atoms. The first-order valence-corrected chi connectivity index (χ1v) is 8.34. The molecule has 1 aromatic rings. The first kappa shape index (κ1) is 14.8. The minimum absolute atomic E-state index is 0.372. The Morgan fingerprint density at radius 2 is 2.05 bits per heavy atom. The van der Waals surface area contributed by atoms with Crippen molar-refractivity contribution in [3.8, 4) is 0 Å². The predicted octanol–water partition coefficient (Wildman–Crippen LogP) is 2.47. The zero-order chi connectivity index (χ0) is 14.5. The van der Waals surface area contributed by atoms with Gasteiger partial charge in [-0.25, -0.2) is 4.98 Å². The molecule has 116 valence electrons. The molecule has 2 fully saturated rings. The minimum atomic E-state index is 0.372. The summed E-state index contributed by atoms with van der Waals surface area (Å²) in [5.41, 5.74) is 1.09. The second kappa shape index (κ2) is 7.23. The molecule has 0 spiro atoms. The van der Waals surface area contributed by atoms with Crippen LogP contribution in [0.15, 0.2) is 18.2 Å². The van der Waals surface area contributed by atoms with Crippen LogP contribution in [-0.4, -0.2) is 55.3 Å². The number of aryl methyl sites for hydroxylation is 1. The number of nitrogens with zero attached hydrogens (tertiary/aromatic N) is 3. The lowest BCUT2D eigenvalue weighted by atomic mass is 10.1. The van der Waals surface area contributed by atoms with Crippen LogP contribution in [0.3, 0.4) is 0 Å². The second-order valence-electron chi connectivity index (χ2n) is 6.27. The number of pyridine rings is 1. The Kier molecular flexibility index (Phi) is 5.09. The van der Waals surface area contributed by atoms with Gasteiger partial charge in [-0.3, -0.25) is 0 Å². The number of hydrogen-bond acceptors (Lipinski definition) is 4. The summed E-state index contributed by atoms with van der Waals surface area (Å²) in [5.74, 6) is 1.09. The fourth-order valence-corrected chi connectivity index (χ4v) is 3.31. The van der Waals surface area contributed by atoms with E-state index in [2.05, 4.69) is 26.9 Å². The fourth-order valence-electron chi connectivity index (χ4n) is 3.31. The number of anilines is 1. The maximum absolute atomic E-state index is 6.08. The van der Waals surface area contributed by atoms with Gasteiger partial charge in [-0.1, -0.05) is 12.5 Å². The van der Waals surface area contributed by atoms with Crippen LogP contribution in [0.5, 0.6) is 0 Å². The van der Waals surface area contributed by atoms with Crippen LogP contribution >= 0.6 is 0 Å². The maximum Gasteiger partial charge on any atom is 0.128 e. The van der Waals surface area contributed by atoms with Gasteiger partial charge in [0.05, 0.1) is 12.7 Å². The molecule has 0 N–H and O–H groups in total. The standard InChI is InChI=1S/C17H27N3O/c1-15-6-5-7-17(18-15)20-11-8-16(14-20)21-13-12-19-9-3-2-4-10-19/h5-7,16H,2-4,8-14H2,1H3/t16-/m1/s1. The molecule has 0 amide bonds. The maximum atomic E-state index is 6.08. The quantitative estimate of drug-likeness (QED) is 0.832. The number of piperidine rings is 1. The van der Waals surface area contributed by atoms with Crippen molar-refractivity contribution in [3.05, 3.63) is 23.9 Å². The Bertz CT molecular complexity index is 445.